The van der Waals surface area contributed by atoms with Gasteiger partial charge in [0.15, 0.2) is 5.82 Å². The number of benzene rings is 1. The topological polar surface area (TPSA) is 83.6 Å². The number of nitrogens with one attached hydrogen (secondary N) is 2. The predicted molar refractivity (Wildman–Crippen MR) is 91.4 cm³/mol. The summed E-state index contributed by atoms with van der Waals surface area (Å²) in [5, 5.41) is 9.63. The molecule has 1 amide bonds. The van der Waals surface area contributed by atoms with E-state index in [0.717, 1.165) is 16.8 Å². The minimum absolute atomic E-state index is 0.0000466. The van der Waals surface area contributed by atoms with Gasteiger partial charge >= 0.3 is 0 Å². The first-order valence-electron chi connectivity index (χ1n) is 7.80. The molecule has 2 heterocycles. The number of rotatable bonds is 5. The Hall–Kier alpha value is -3.02. The third kappa shape index (κ3) is 3.65. The second kappa shape index (κ2) is 7.04. The Balaban J connectivity index is 1.63. The highest BCUT2D eigenvalue weighted by Crippen LogP contribution is 2.14. The van der Waals surface area contributed by atoms with Gasteiger partial charge < -0.3 is 5.32 Å². The van der Waals surface area contributed by atoms with Crippen molar-refractivity contribution in [2.24, 2.45) is 0 Å². The van der Waals surface area contributed by atoms with Gasteiger partial charge in [0, 0.05) is 35.5 Å². The van der Waals surface area contributed by atoms with Gasteiger partial charge in [-0.15, -0.1) is 0 Å². The Morgan fingerprint density at radius 1 is 1.21 bits per heavy atom. The third-order valence-corrected chi connectivity index (χ3v) is 3.83. The molecule has 0 bridgehead atoms. The molecule has 0 saturated heterocycles. The predicted octanol–water partition coefficient (Wildman–Crippen LogP) is 2.54. The number of aromatic nitrogens is 4. The maximum Gasteiger partial charge on any atom is 0.251 e. The molecular weight excluding hydrogens is 302 g/mol. The number of hydrogen-bond donors (Lipinski definition) is 2. The summed E-state index contributed by atoms with van der Waals surface area (Å²) in [5.41, 5.74) is 3.64. The molecule has 3 aromatic rings. The van der Waals surface area contributed by atoms with Gasteiger partial charge in [0.05, 0.1) is 0 Å². The molecule has 0 fully saturated rings. The van der Waals surface area contributed by atoms with E-state index in [0.29, 0.717) is 17.8 Å². The van der Waals surface area contributed by atoms with E-state index in [4.69, 9.17) is 0 Å². The Morgan fingerprint density at radius 3 is 2.67 bits per heavy atom. The van der Waals surface area contributed by atoms with Crippen molar-refractivity contribution in [2.75, 3.05) is 0 Å². The summed E-state index contributed by atoms with van der Waals surface area (Å²) in [7, 11) is 0. The molecule has 0 aliphatic heterocycles. The normalized spacial score (nSPS) is 11.9. The monoisotopic (exact) mass is 321 g/mol. The molecule has 3 rings (SSSR count). The molecule has 2 aromatic heterocycles. The van der Waals surface area contributed by atoms with Crippen molar-refractivity contribution in [1.82, 2.24) is 25.5 Å². The van der Waals surface area contributed by atoms with Crippen LogP contribution in [0.5, 0.6) is 0 Å². The maximum absolute atomic E-state index is 12.4. The molecule has 0 aliphatic carbocycles. The van der Waals surface area contributed by atoms with Gasteiger partial charge in [-0.25, -0.2) is 4.98 Å². The van der Waals surface area contributed by atoms with Gasteiger partial charge in [-0.3, -0.25) is 14.9 Å². The summed E-state index contributed by atoms with van der Waals surface area (Å²) in [6.45, 7) is 4.01. The first-order chi connectivity index (χ1) is 11.6. The van der Waals surface area contributed by atoms with E-state index in [1.165, 1.54) is 6.33 Å². The van der Waals surface area contributed by atoms with E-state index in [1.807, 2.05) is 38.1 Å². The molecule has 24 heavy (non-hydrogen) atoms. The molecule has 1 aromatic carbocycles. The molecule has 6 nitrogen and oxygen atoms in total. The van der Waals surface area contributed by atoms with Crippen LogP contribution in [-0.4, -0.2) is 32.1 Å². The number of carbonyl (C=O) groups excluding carboxylic acids is 1. The van der Waals surface area contributed by atoms with Gasteiger partial charge in [0.2, 0.25) is 0 Å². The summed E-state index contributed by atoms with van der Waals surface area (Å²) in [6, 6.07) is 11.2. The van der Waals surface area contributed by atoms with Crippen LogP contribution >= 0.6 is 0 Å². The Morgan fingerprint density at radius 2 is 2.00 bits per heavy atom. The van der Waals surface area contributed by atoms with Crippen LogP contribution < -0.4 is 5.32 Å². The molecule has 0 saturated carbocycles. The molecule has 0 spiro atoms. The lowest BCUT2D eigenvalue weighted by molar-refractivity contribution is 0.0940. The summed E-state index contributed by atoms with van der Waals surface area (Å²) in [6.07, 6.45) is 3.94. The molecule has 1 atom stereocenters. The number of aryl methyl sites for hydroxylation is 1. The van der Waals surface area contributed by atoms with Crippen LogP contribution in [0.1, 0.15) is 28.5 Å². The molecule has 0 aliphatic rings. The largest absolute Gasteiger partial charge is 0.349 e. The van der Waals surface area contributed by atoms with Crippen LogP contribution in [0.15, 0.2) is 48.9 Å². The molecule has 2 N–H and O–H groups in total. The van der Waals surface area contributed by atoms with E-state index >= 15 is 0 Å². The smallest absolute Gasteiger partial charge is 0.251 e. The van der Waals surface area contributed by atoms with Crippen molar-refractivity contribution < 1.29 is 4.79 Å². The second-order valence-corrected chi connectivity index (χ2v) is 5.76. The maximum atomic E-state index is 12.4. The van der Waals surface area contributed by atoms with Crippen molar-refractivity contribution in [3.05, 3.63) is 65.7 Å². The summed E-state index contributed by atoms with van der Waals surface area (Å²) in [5.74, 6) is 0.584. The molecule has 0 radical (unpaired) electrons. The minimum atomic E-state index is -0.0970. The number of amides is 1. The van der Waals surface area contributed by atoms with Gasteiger partial charge in [0.25, 0.3) is 5.91 Å². The number of carbonyl (C=O) groups is 1. The van der Waals surface area contributed by atoms with Gasteiger partial charge in [0.1, 0.15) is 6.33 Å². The van der Waals surface area contributed by atoms with Crippen LogP contribution in [0, 0.1) is 6.92 Å². The molecule has 122 valence electrons. The van der Waals surface area contributed by atoms with Crippen molar-refractivity contribution >= 4 is 5.91 Å². The lowest BCUT2D eigenvalue weighted by Gasteiger charge is -2.14. The number of H-pyrrole nitrogens is 1. The van der Waals surface area contributed by atoms with Crippen LogP contribution in [0.2, 0.25) is 0 Å². The number of nitrogens with zero attached hydrogens (tertiary/aromatic N) is 3. The van der Waals surface area contributed by atoms with E-state index in [1.54, 1.807) is 18.3 Å². The zero-order valence-electron chi connectivity index (χ0n) is 13.7. The third-order valence-electron chi connectivity index (χ3n) is 3.83. The van der Waals surface area contributed by atoms with Crippen LogP contribution in [-0.2, 0) is 6.42 Å². The Kier molecular flexibility index (Phi) is 4.65. The highest BCUT2D eigenvalue weighted by molar-refractivity contribution is 5.94. The van der Waals surface area contributed by atoms with Gasteiger partial charge in [-0.05, 0) is 37.6 Å². The van der Waals surface area contributed by atoms with Crippen LogP contribution in [0.4, 0.5) is 0 Å². The Bertz CT molecular complexity index is 812. The summed E-state index contributed by atoms with van der Waals surface area (Å²) >= 11 is 0. The number of pyridine rings is 1. The fourth-order valence-electron chi connectivity index (χ4n) is 2.50. The van der Waals surface area contributed by atoms with Gasteiger partial charge in [-0.1, -0.05) is 18.2 Å². The highest BCUT2D eigenvalue weighted by Gasteiger charge is 2.12. The van der Waals surface area contributed by atoms with Crippen molar-refractivity contribution in [3.63, 3.8) is 0 Å². The van der Waals surface area contributed by atoms with E-state index < -0.39 is 0 Å². The van der Waals surface area contributed by atoms with Crippen LogP contribution in [0.25, 0.3) is 11.4 Å². The average molecular weight is 321 g/mol. The summed E-state index contributed by atoms with van der Waals surface area (Å²) < 4.78 is 0. The number of hydrogen-bond acceptors (Lipinski definition) is 4. The zero-order valence-corrected chi connectivity index (χ0v) is 13.7. The zero-order chi connectivity index (χ0) is 16.9. The Labute approximate surface area is 140 Å². The highest BCUT2D eigenvalue weighted by atomic mass is 16.1. The lowest BCUT2D eigenvalue weighted by atomic mass is 10.1. The average Bonchev–Trinajstić information content (AvgIpc) is 3.11. The molecular formula is C18H19N5O. The SMILES string of the molecule is Cc1cccnc1C[C@@H](C)NC(=O)c1ccc(-c2ncn[nH]2)cc1. The van der Waals surface area contributed by atoms with Gasteiger partial charge in [-0.2, -0.15) is 5.10 Å². The van der Waals surface area contributed by atoms with Crippen molar-refractivity contribution in [1.29, 1.82) is 0 Å². The van der Waals surface area contributed by atoms with Crippen LogP contribution in [0.3, 0.4) is 0 Å². The van der Waals surface area contributed by atoms with E-state index in [2.05, 4.69) is 25.5 Å². The van der Waals surface area contributed by atoms with E-state index in [-0.39, 0.29) is 11.9 Å². The van der Waals surface area contributed by atoms with Crippen molar-refractivity contribution in [2.45, 2.75) is 26.3 Å². The second-order valence-electron chi connectivity index (χ2n) is 5.76. The quantitative estimate of drug-likeness (QED) is 0.756. The van der Waals surface area contributed by atoms with Crippen molar-refractivity contribution in [3.8, 4) is 11.4 Å². The first kappa shape index (κ1) is 15.9. The van der Waals surface area contributed by atoms with E-state index in [9.17, 15) is 4.79 Å². The fourth-order valence-corrected chi connectivity index (χ4v) is 2.50. The standard InChI is InChI=1S/C18H19N5O/c1-12-4-3-9-19-16(12)10-13(2)22-18(24)15-7-5-14(6-8-15)17-20-11-21-23-17/h3-9,11,13H,10H2,1-2H3,(H,22,24)(H,20,21,23)/t13-/m1/s1. The molecule has 6 heteroatoms. The first-order valence-corrected chi connectivity index (χ1v) is 7.80. The minimum Gasteiger partial charge on any atom is -0.349 e. The fraction of sp³-hybridized carbons (Fsp3) is 0.222. The lowest BCUT2D eigenvalue weighted by Crippen LogP contribution is -2.34. The molecule has 0 unspecified atom stereocenters. The summed E-state index contributed by atoms with van der Waals surface area (Å²) in [4.78, 5) is 20.8. The number of aromatic amines is 1.